The Balaban J connectivity index is 2.21. The Labute approximate surface area is 239 Å². The van der Waals surface area contributed by atoms with Gasteiger partial charge < -0.3 is 31.9 Å². The average Bonchev–Trinajstić information content (AvgIpc) is 2.91. The number of hydrogen-bond acceptors (Lipinski definition) is 7. The lowest BCUT2D eigenvalue weighted by Gasteiger charge is -2.26. The summed E-state index contributed by atoms with van der Waals surface area (Å²) in [4.78, 5) is 51.3. The van der Waals surface area contributed by atoms with E-state index in [4.69, 9.17) is 5.73 Å². The summed E-state index contributed by atoms with van der Waals surface area (Å²) >= 11 is 1.46. The lowest BCUT2D eigenvalue weighted by molar-refractivity contribution is -0.142. The molecule has 0 saturated heterocycles. The van der Waals surface area contributed by atoms with Crippen molar-refractivity contribution in [3.63, 3.8) is 0 Å². The standard InChI is InChI=1S/C29H40N4O6S/c1-18(2)15-24(32-26(35)22(30)16-19-7-5-4-6-8-19)27(36)33-25(17-20-9-11-21(34)12-10-20)28(37)31-23(29(38)39)13-14-40-3/h4-12,18,22-25,34H,13-17,30H2,1-3H3,(H,31,37)(H,32,35)(H,33,36)(H,38,39). The van der Waals surface area contributed by atoms with Crippen molar-refractivity contribution >= 4 is 35.5 Å². The number of thioether (sulfide) groups is 1. The number of amides is 3. The molecule has 4 unspecified atom stereocenters. The molecule has 4 atom stereocenters. The summed E-state index contributed by atoms with van der Waals surface area (Å²) < 4.78 is 0. The number of nitrogens with two attached hydrogens (primary N) is 1. The Morgan fingerprint density at radius 1 is 0.800 bits per heavy atom. The van der Waals surface area contributed by atoms with E-state index in [-0.39, 0.29) is 24.5 Å². The van der Waals surface area contributed by atoms with Crippen LogP contribution in [-0.2, 0) is 32.0 Å². The average molecular weight is 573 g/mol. The summed E-state index contributed by atoms with van der Waals surface area (Å²) in [6, 6.07) is 11.3. The van der Waals surface area contributed by atoms with E-state index in [2.05, 4.69) is 16.0 Å². The van der Waals surface area contributed by atoms with Gasteiger partial charge in [0.2, 0.25) is 17.7 Å². The number of carboxylic acids is 1. The summed E-state index contributed by atoms with van der Waals surface area (Å²) in [5.74, 6) is -2.30. The molecule has 11 heteroatoms. The second-order valence-corrected chi connectivity index (χ2v) is 11.1. The fraction of sp³-hybridized carbons (Fsp3) is 0.448. The molecule has 0 heterocycles. The highest BCUT2D eigenvalue weighted by Crippen LogP contribution is 2.13. The second-order valence-electron chi connectivity index (χ2n) is 10.1. The molecular weight excluding hydrogens is 532 g/mol. The van der Waals surface area contributed by atoms with Gasteiger partial charge in [0.15, 0.2) is 0 Å². The largest absolute Gasteiger partial charge is 0.508 e. The van der Waals surface area contributed by atoms with E-state index >= 15 is 0 Å². The van der Waals surface area contributed by atoms with Gasteiger partial charge in [0.05, 0.1) is 6.04 Å². The number of phenols is 1. The molecule has 0 fully saturated rings. The fourth-order valence-electron chi connectivity index (χ4n) is 4.06. The van der Waals surface area contributed by atoms with Crippen LogP contribution in [0.2, 0.25) is 0 Å². The van der Waals surface area contributed by atoms with Gasteiger partial charge in [0, 0.05) is 6.42 Å². The zero-order chi connectivity index (χ0) is 29.7. The van der Waals surface area contributed by atoms with E-state index in [1.54, 1.807) is 12.1 Å². The van der Waals surface area contributed by atoms with Crippen LogP contribution in [0.5, 0.6) is 5.75 Å². The minimum absolute atomic E-state index is 0.0358. The SMILES string of the molecule is CSCCC(NC(=O)C(Cc1ccc(O)cc1)NC(=O)C(CC(C)C)NC(=O)C(N)Cc1ccccc1)C(=O)O. The first-order valence-corrected chi connectivity index (χ1v) is 14.6. The molecule has 0 bridgehead atoms. The van der Waals surface area contributed by atoms with Crippen LogP contribution in [0.1, 0.15) is 37.8 Å². The molecule has 0 aliphatic heterocycles. The van der Waals surface area contributed by atoms with Crippen LogP contribution in [0.4, 0.5) is 0 Å². The summed E-state index contributed by atoms with van der Waals surface area (Å²) in [5, 5.41) is 27.2. The number of carboxylic acid groups (broad SMARTS) is 1. The highest BCUT2D eigenvalue weighted by Gasteiger charge is 2.31. The number of nitrogens with one attached hydrogen (secondary N) is 3. The van der Waals surface area contributed by atoms with Gasteiger partial charge in [-0.05, 0) is 60.4 Å². The highest BCUT2D eigenvalue weighted by atomic mass is 32.2. The third-order valence-corrected chi connectivity index (χ3v) is 6.85. The van der Waals surface area contributed by atoms with Gasteiger partial charge in [-0.3, -0.25) is 14.4 Å². The highest BCUT2D eigenvalue weighted by molar-refractivity contribution is 7.98. The number of rotatable bonds is 16. The van der Waals surface area contributed by atoms with Crippen molar-refractivity contribution in [3.8, 4) is 5.75 Å². The Morgan fingerprint density at radius 2 is 1.35 bits per heavy atom. The lowest BCUT2D eigenvalue weighted by Crippen LogP contribution is -2.58. The first kappa shape index (κ1) is 32.6. The molecule has 3 amide bonds. The van der Waals surface area contributed by atoms with Crippen LogP contribution in [-0.4, -0.2) is 70.1 Å². The maximum Gasteiger partial charge on any atom is 0.326 e. The molecule has 7 N–H and O–H groups in total. The molecule has 2 aromatic carbocycles. The first-order chi connectivity index (χ1) is 19.0. The van der Waals surface area contributed by atoms with Crippen LogP contribution >= 0.6 is 11.8 Å². The van der Waals surface area contributed by atoms with Gasteiger partial charge in [0.25, 0.3) is 0 Å². The molecular formula is C29H40N4O6S. The predicted octanol–water partition coefficient (Wildman–Crippen LogP) is 1.84. The fourth-order valence-corrected chi connectivity index (χ4v) is 4.53. The zero-order valence-corrected chi connectivity index (χ0v) is 23.9. The molecule has 0 aromatic heterocycles. The summed E-state index contributed by atoms with van der Waals surface area (Å²) in [5.41, 5.74) is 7.66. The number of carbonyl (C=O) groups excluding carboxylic acids is 3. The van der Waals surface area contributed by atoms with Crippen molar-refractivity contribution in [2.45, 2.75) is 63.7 Å². The molecule has 10 nitrogen and oxygen atoms in total. The smallest absolute Gasteiger partial charge is 0.326 e. The van der Waals surface area contributed by atoms with Crippen molar-refractivity contribution in [2.24, 2.45) is 11.7 Å². The third-order valence-electron chi connectivity index (χ3n) is 6.21. The van der Waals surface area contributed by atoms with Gasteiger partial charge in [-0.1, -0.05) is 56.3 Å². The van der Waals surface area contributed by atoms with E-state index in [0.717, 1.165) is 5.56 Å². The molecule has 0 saturated carbocycles. The Bertz CT molecular complexity index is 1110. The van der Waals surface area contributed by atoms with E-state index < -0.39 is 47.9 Å². The van der Waals surface area contributed by atoms with Gasteiger partial charge in [-0.15, -0.1) is 0 Å². The summed E-state index contributed by atoms with van der Waals surface area (Å²) in [6.45, 7) is 3.81. The zero-order valence-electron chi connectivity index (χ0n) is 23.1. The van der Waals surface area contributed by atoms with Gasteiger partial charge in [0.1, 0.15) is 23.9 Å². The molecule has 2 aromatic rings. The molecule has 218 valence electrons. The normalized spacial score (nSPS) is 14.0. The second kappa shape index (κ2) is 16.5. The van der Waals surface area contributed by atoms with E-state index in [1.165, 1.54) is 23.9 Å². The summed E-state index contributed by atoms with van der Waals surface area (Å²) in [6.07, 6.45) is 2.69. The van der Waals surface area contributed by atoms with Crippen molar-refractivity contribution < 1.29 is 29.4 Å². The number of phenolic OH excluding ortho intramolecular Hbond substituents is 1. The maximum atomic E-state index is 13.4. The van der Waals surface area contributed by atoms with Crippen LogP contribution < -0.4 is 21.7 Å². The van der Waals surface area contributed by atoms with Crippen molar-refractivity contribution in [2.75, 3.05) is 12.0 Å². The molecule has 40 heavy (non-hydrogen) atoms. The van der Waals surface area contributed by atoms with Crippen molar-refractivity contribution in [3.05, 3.63) is 65.7 Å². The van der Waals surface area contributed by atoms with Gasteiger partial charge in [-0.2, -0.15) is 11.8 Å². The molecule has 0 aliphatic carbocycles. The quantitative estimate of drug-likeness (QED) is 0.177. The molecule has 2 rings (SSSR count). The Hall–Kier alpha value is -3.57. The van der Waals surface area contributed by atoms with Gasteiger partial charge in [-0.25, -0.2) is 4.79 Å². The monoisotopic (exact) mass is 572 g/mol. The van der Waals surface area contributed by atoms with Crippen LogP contribution in [0.25, 0.3) is 0 Å². The number of hydrogen-bond donors (Lipinski definition) is 6. The van der Waals surface area contributed by atoms with E-state index in [1.807, 2.05) is 50.4 Å². The number of aromatic hydroxyl groups is 1. The Morgan fingerprint density at radius 3 is 1.93 bits per heavy atom. The number of carbonyl (C=O) groups is 4. The number of aliphatic carboxylic acids is 1. The molecule has 0 spiro atoms. The van der Waals surface area contributed by atoms with E-state index in [9.17, 15) is 29.4 Å². The van der Waals surface area contributed by atoms with Crippen LogP contribution in [0.3, 0.4) is 0 Å². The molecule has 0 radical (unpaired) electrons. The Kier molecular flexibility index (Phi) is 13.5. The van der Waals surface area contributed by atoms with E-state index in [0.29, 0.717) is 24.2 Å². The predicted molar refractivity (Wildman–Crippen MR) is 156 cm³/mol. The minimum atomic E-state index is -1.17. The first-order valence-electron chi connectivity index (χ1n) is 13.2. The lowest BCUT2D eigenvalue weighted by atomic mass is 10.00. The summed E-state index contributed by atoms with van der Waals surface area (Å²) in [7, 11) is 0. The van der Waals surface area contributed by atoms with Crippen LogP contribution in [0, 0.1) is 5.92 Å². The third kappa shape index (κ3) is 11.3. The molecule has 0 aliphatic rings. The number of benzene rings is 2. The minimum Gasteiger partial charge on any atom is -0.508 e. The maximum absolute atomic E-state index is 13.4. The van der Waals surface area contributed by atoms with Crippen molar-refractivity contribution in [1.82, 2.24) is 16.0 Å². The van der Waals surface area contributed by atoms with Crippen molar-refractivity contribution in [1.29, 1.82) is 0 Å². The van der Waals surface area contributed by atoms with Crippen LogP contribution in [0.15, 0.2) is 54.6 Å². The topological polar surface area (TPSA) is 171 Å². The van der Waals surface area contributed by atoms with Gasteiger partial charge >= 0.3 is 5.97 Å².